The Labute approximate surface area is 190 Å². The molecule has 2 aromatic carbocycles. The monoisotopic (exact) mass is 515 g/mol. The summed E-state index contributed by atoms with van der Waals surface area (Å²) in [5.74, 6) is 0. The van der Waals surface area contributed by atoms with E-state index in [1.54, 1.807) is 0 Å². The summed E-state index contributed by atoms with van der Waals surface area (Å²) in [6.07, 6.45) is 10.0. The molecule has 1 aromatic heterocycles. The maximum absolute atomic E-state index is 3.78. The predicted molar refractivity (Wildman–Crippen MR) is 114 cm³/mol. The van der Waals surface area contributed by atoms with Crippen LogP contribution in [0, 0.1) is 26.8 Å². The number of benzene rings is 1. The fraction of sp³-hybridized carbons (Fsp3) is 0.250. The van der Waals surface area contributed by atoms with Crippen molar-refractivity contribution in [1.82, 2.24) is 4.57 Å². The zero-order valence-corrected chi connectivity index (χ0v) is 20.5. The van der Waals surface area contributed by atoms with Crippen LogP contribution in [0.25, 0.3) is 21.7 Å². The summed E-state index contributed by atoms with van der Waals surface area (Å²) in [7, 11) is 2.14. The van der Waals surface area contributed by atoms with Crippen molar-refractivity contribution in [3.05, 3.63) is 63.8 Å². The molecule has 0 spiro atoms. The quantitative estimate of drug-likeness (QED) is 0.286. The minimum atomic E-state index is 0. The molecule has 1 aliphatic carbocycles. The van der Waals surface area contributed by atoms with Crippen molar-refractivity contribution >= 4 is 62.4 Å². The molecule has 0 aliphatic heterocycles. The molecule has 1 nitrogen and oxygen atoms in total. The second kappa shape index (κ2) is 10.2. The molecule has 3 aromatic rings. The first-order chi connectivity index (χ1) is 10.5. The third kappa shape index (κ3) is 4.75. The first-order valence-electron chi connectivity index (χ1n) is 7.53. The molecule has 1 aliphatic rings. The molecule has 1 heterocycles. The predicted octanol–water partition coefficient (Wildman–Crippen LogP) is 6.88. The number of allylic oxidation sites excluding steroid dienone is 4. The van der Waals surface area contributed by atoms with Gasteiger partial charge < -0.3 is 4.57 Å². The largest absolute Gasteiger partial charge is 2.00 e. The van der Waals surface area contributed by atoms with Gasteiger partial charge in [-0.3, -0.25) is 6.08 Å². The number of hydrogen-bond donors (Lipinski definition) is 0. The Morgan fingerprint density at radius 1 is 1.16 bits per heavy atom. The first-order valence-corrected chi connectivity index (χ1v) is 8.33. The van der Waals surface area contributed by atoms with Gasteiger partial charge in [0.05, 0.1) is 0 Å². The number of rotatable bonds is 0. The summed E-state index contributed by atoms with van der Waals surface area (Å²) in [4.78, 5) is 0. The average Bonchev–Trinajstić information content (AvgIpc) is 3.20. The Hall–Kier alpha value is -0.207. The summed E-state index contributed by atoms with van der Waals surface area (Å²) in [6.45, 7) is 6.52. The van der Waals surface area contributed by atoms with E-state index in [2.05, 4.69) is 78.7 Å². The number of hydrogen-bond acceptors (Lipinski definition) is 0. The van der Waals surface area contributed by atoms with Crippen molar-refractivity contribution in [3.8, 4) is 0 Å². The van der Waals surface area contributed by atoms with E-state index >= 15 is 0 Å². The van der Waals surface area contributed by atoms with Crippen LogP contribution in [0.2, 0.25) is 0 Å². The maximum Gasteiger partial charge on any atom is 2.00 e. The van der Waals surface area contributed by atoms with Gasteiger partial charge in [-0.25, -0.2) is 12.2 Å². The average molecular weight is 518 g/mol. The zero-order valence-electron chi connectivity index (χ0n) is 14.8. The van der Waals surface area contributed by atoms with Crippen LogP contribution in [-0.2, 0) is 33.3 Å². The summed E-state index contributed by atoms with van der Waals surface area (Å²) in [6, 6.07) is 6.79. The van der Waals surface area contributed by atoms with E-state index in [4.69, 9.17) is 0 Å². The third-order valence-electron chi connectivity index (χ3n) is 4.44. The van der Waals surface area contributed by atoms with E-state index in [-0.39, 0.29) is 51.0 Å². The molecule has 0 radical (unpaired) electrons. The minimum Gasteiger partial charge on any atom is -0.461 e. The zero-order chi connectivity index (χ0) is 15.9. The van der Waals surface area contributed by atoms with Crippen LogP contribution in [0.4, 0.5) is 0 Å². The normalized spacial score (nSPS) is 11.6. The summed E-state index contributed by atoms with van der Waals surface area (Å²) < 4.78 is 3.51. The van der Waals surface area contributed by atoms with Crippen molar-refractivity contribution in [1.29, 1.82) is 0 Å². The fourth-order valence-electron chi connectivity index (χ4n) is 3.03. The van der Waals surface area contributed by atoms with Gasteiger partial charge in [0, 0.05) is 0 Å². The van der Waals surface area contributed by atoms with Crippen LogP contribution in [0.5, 0.6) is 0 Å². The van der Waals surface area contributed by atoms with E-state index < -0.39 is 0 Å². The molecule has 0 bridgehead atoms. The molecule has 0 saturated heterocycles. The molecule has 0 fully saturated rings. The molecule has 0 unspecified atom stereocenters. The van der Waals surface area contributed by atoms with Crippen molar-refractivity contribution in [3.63, 3.8) is 0 Å². The van der Waals surface area contributed by atoms with Gasteiger partial charge in [0.15, 0.2) is 0 Å². The van der Waals surface area contributed by atoms with Crippen LogP contribution in [-0.4, -0.2) is 4.57 Å². The number of aryl methyl sites for hydroxylation is 3. The third-order valence-corrected chi connectivity index (χ3v) is 5.26. The Morgan fingerprint density at radius 3 is 2.36 bits per heavy atom. The minimum absolute atomic E-state index is 0. The summed E-state index contributed by atoms with van der Waals surface area (Å²) in [5, 5.41) is 3.99. The van der Waals surface area contributed by atoms with Gasteiger partial charge in [0.25, 0.3) is 0 Å². The van der Waals surface area contributed by atoms with Crippen molar-refractivity contribution in [2.45, 2.75) is 27.2 Å². The molecule has 4 rings (SSSR count). The standard InChI is InChI=1S/C15H15BrN.C5H5.2ClH.Zr/c1-8-5-11-7-13-14(15(16)12(11)6-8)9(2)10(3)17(13)4;1-2-4-5-3-1;;;/h5-7H,1-4H3;1-3H,4H2;2*1H;/q2*-1;;;+2. The molecule has 0 saturated carbocycles. The van der Waals surface area contributed by atoms with Crippen molar-refractivity contribution < 1.29 is 26.2 Å². The maximum atomic E-state index is 3.78. The fourth-order valence-corrected chi connectivity index (χ4v) is 3.87. The number of halogens is 3. The Bertz CT molecular complexity index is 909. The second-order valence-corrected chi connectivity index (χ2v) is 6.69. The smallest absolute Gasteiger partial charge is 0.461 e. The van der Waals surface area contributed by atoms with Gasteiger partial charge in [-0.1, -0.05) is 53.7 Å². The van der Waals surface area contributed by atoms with Gasteiger partial charge in [-0.15, -0.1) is 47.7 Å². The van der Waals surface area contributed by atoms with E-state index in [1.165, 1.54) is 43.0 Å². The van der Waals surface area contributed by atoms with E-state index in [1.807, 2.05) is 12.2 Å². The molecule has 25 heavy (non-hydrogen) atoms. The van der Waals surface area contributed by atoms with Crippen LogP contribution in [0.1, 0.15) is 23.2 Å². The van der Waals surface area contributed by atoms with Crippen LogP contribution in [0.3, 0.4) is 0 Å². The number of fused-ring (bicyclic) bond motifs is 2. The van der Waals surface area contributed by atoms with E-state index in [0.717, 1.165) is 6.42 Å². The van der Waals surface area contributed by atoms with Gasteiger partial charge in [0.1, 0.15) is 0 Å². The molecule has 132 valence electrons. The van der Waals surface area contributed by atoms with Crippen LogP contribution in [0.15, 0.2) is 40.9 Å². The Morgan fingerprint density at radius 2 is 1.84 bits per heavy atom. The SMILES string of the molecule is Cc1cc2cc3c(c(Br)c2c1)c(C)[c-](C)n3C.Cl.Cl.[C-]1=CC=CC1.[Zr+2]. The van der Waals surface area contributed by atoms with Gasteiger partial charge in [0.2, 0.25) is 0 Å². The number of aromatic nitrogens is 1. The van der Waals surface area contributed by atoms with Crippen LogP contribution < -0.4 is 0 Å². The molecule has 5 heteroatoms. The molecular formula is C20H22BrCl2NZr. The Kier molecular flexibility index (Phi) is 10.1. The van der Waals surface area contributed by atoms with E-state index in [0.29, 0.717) is 0 Å². The topological polar surface area (TPSA) is 4.93 Å². The van der Waals surface area contributed by atoms with Crippen LogP contribution >= 0.6 is 40.7 Å². The van der Waals surface area contributed by atoms with Crippen molar-refractivity contribution in [2.24, 2.45) is 7.05 Å². The van der Waals surface area contributed by atoms with Crippen molar-refractivity contribution in [2.75, 3.05) is 0 Å². The van der Waals surface area contributed by atoms with Gasteiger partial charge in [-0.05, 0) is 34.8 Å². The first kappa shape index (κ1) is 24.8. The Balaban J connectivity index is 0.000000630. The van der Waals surface area contributed by atoms with Gasteiger partial charge >= 0.3 is 26.2 Å². The second-order valence-electron chi connectivity index (χ2n) is 5.89. The molecule has 0 amide bonds. The van der Waals surface area contributed by atoms with Gasteiger partial charge in [-0.2, -0.15) is 6.08 Å². The molecule has 0 N–H and O–H groups in total. The number of nitrogens with zero attached hydrogens (tertiary/aromatic N) is 1. The van der Waals surface area contributed by atoms with E-state index in [9.17, 15) is 0 Å². The molecular weight excluding hydrogens is 496 g/mol. The summed E-state index contributed by atoms with van der Waals surface area (Å²) >= 11 is 3.78. The summed E-state index contributed by atoms with van der Waals surface area (Å²) in [5.41, 5.74) is 5.34. The molecule has 0 atom stereocenters.